The molecule has 0 spiro atoms. The molecule has 2 N–H and O–H groups in total. The second kappa shape index (κ2) is 3.46. The van der Waals surface area contributed by atoms with E-state index >= 15 is 0 Å². The summed E-state index contributed by atoms with van der Waals surface area (Å²) < 4.78 is 35.7. The third-order valence-corrected chi connectivity index (χ3v) is 2.25. The van der Waals surface area contributed by atoms with Gasteiger partial charge in [-0.15, -0.1) is 0 Å². The number of nitrogens with one attached hydrogen (secondary N) is 1. The molecule has 0 saturated heterocycles. The molecule has 78 valence electrons. The average molecular weight is 197 g/mol. The van der Waals surface area contributed by atoms with Crippen molar-refractivity contribution in [1.29, 1.82) is 0 Å². The molecule has 0 bridgehead atoms. The molecule has 13 heavy (non-hydrogen) atoms. The molecule has 0 aromatic rings. The Morgan fingerprint density at radius 3 is 2.31 bits per heavy atom. The normalized spacial score (nSPS) is 22.8. The van der Waals surface area contributed by atoms with Gasteiger partial charge in [0, 0.05) is 11.6 Å². The van der Waals surface area contributed by atoms with Gasteiger partial charge in [0.25, 0.3) is 0 Å². The van der Waals surface area contributed by atoms with E-state index in [1.165, 1.54) is 6.92 Å². The molecule has 1 atom stereocenters. The largest absolute Gasteiger partial charge is 0.394 e. The molecule has 1 aliphatic carbocycles. The Kier molecular flexibility index (Phi) is 2.87. The molecule has 5 heteroatoms. The number of alkyl halides is 3. The van der Waals surface area contributed by atoms with Crippen LogP contribution in [0.2, 0.25) is 0 Å². The topological polar surface area (TPSA) is 32.3 Å². The Hall–Kier alpha value is -0.290. The van der Waals surface area contributed by atoms with Crippen LogP contribution in [-0.2, 0) is 0 Å². The summed E-state index contributed by atoms with van der Waals surface area (Å²) in [6.07, 6.45) is -3.43. The first-order valence-corrected chi connectivity index (χ1v) is 4.32. The van der Waals surface area contributed by atoms with E-state index in [1.807, 2.05) is 0 Å². The van der Waals surface area contributed by atoms with Crippen molar-refractivity contribution in [2.45, 2.75) is 43.9 Å². The first kappa shape index (κ1) is 10.8. The molecule has 2 nitrogen and oxygen atoms in total. The molecule has 0 radical (unpaired) electrons. The Bertz CT molecular complexity index is 177. The van der Waals surface area contributed by atoms with E-state index in [4.69, 9.17) is 5.11 Å². The summed E-state index contributed by atoms with van der Waals surface area (Å²) in [5.41, 5.74) is -0.412. The SMILES string of the molecule is CC(CC(F)(F)F)NC1(CO)CC1. The fourth-order valence-electron chi connectivity index (χ4n) is 1.42. The molecule has 1 aliphatic rings. The predicted molar refractivity (Wildman–Crippen MR) is 42.3 cm³/mol. The molecule has 0 aliphatic heterocycles. The van der Waals surface area contributed by atoms with Gasteiger partial charge in [-0.1, -0.05) is 0 Å². The van der Waals surface area contributed by atoms with Gasteiger partial charge in [-0.05, 0) is 19.8 Å². The molecular formula is C8H14F3NO. The Morgan fingerprint density at radius 2 is 2.00 bits per heavy atom. The van der Waals surface area contributed by atoms with Crippen LogP contribution in [0, 0.1) is 0 Å². The van der Waals surface area contributed by atoms with Crippen molar-refractivity contribution in [1.82, 2.24) is 5.32 Å². The van der Waals surface area contributed by atoms with E-state index in [0.717, 1.165) is 12.8 Å². The van der Waals surface area contributed by atoms with Crippen LogP contribution in [0.3, 0.4) is 0 Å². The zero-order chi connectivity index (χ0) is 10.1. The minimum absolute atomic E-state index is 0.0742. The standard InChI is InChI=1S/C8H14F3NO/c1-6(4-8(9,10)11)12-7(5-13)2-3-7/h6,12-13H,2-5H2,1H3. The molecular weight excluding hydrogens is 183 g/mol. The average Bonchev–Trinajstić information content (AvgIpc) is 2.65. The number of aliphatic hydroxyl groups is 1. The molecule has 0 heterocycles. The maximum atomic E-state index is 11.9. The number of hydrogen-bond acceptors (Lipinski definition) is 2. The smallest absolute Gasteiger partial charge is 0.390 e. The predicted octanol–water partition coefficient (Wildman–Crippen LogP) is 1.44. The van der Waals surface area contributed by atoms with Crippen molar-refractivity contribution in [3.8, 4) is 0 Å². The Balaban J connectivity index is 2.29. The van der Waals surface area contributed by atoms with Gasteiger partial charge in [0.1, 0.15) is 0 Å². The van der Waals surface area contributed by atoms with E-state index in [2.05, 4.69) is 5.32 Å². The van der Waals surface area contributed by atoms with Crippen molar-refractivity contribution >= 4 is 0 Å². The molecule has 1 saturated carbocycles. The van der Waals surface area contributed by atoms with Crippen LogP contribution in [0.1, 0.15) is 26.2 Å². The van der Waals surface area contributed by atoms with Gasteiger partial charge in [-0.25, -0.2) is 0 Å². The second-order valence-corrected chi connectivity index (χ2v) is 3.80. The summed E-state index contributed by atoms with van der Waals surface area (Å²) in [7, 11) is 0. The maximum absolute atomic E-state index is 11.9. The highest BCUT2D eigenvalue weighted by Gasteiger charge is 2.44. The minimum Gasteiger partial charge on any atom is -0.394 e. The van der Waals surface area contributed by atoms with Gasteiger partial charge in [-0.2, -0.15) is 13.2 Å². The van der Waals surface area contributed by atoms with E-state index in [-0.39, 0.29) is 6.61 Å². The molecule has 1 fully saturated rings. The van der Waals surface area contributed by atoms with Crippen molar-refractivity contribution in [2.24, 2.45) is 0 Å². The van der Waals surface area contributed by atoms with Gasteiger partial charge in [-0.3, -0.25) is 0 Å². The summed E-state index contributed by atoms with van der Waals surface area (Å²) in [6.45, 7) is 1.42. The molecule has 0 amide bonds. The fraction of sp³-hybridized carbons (Fsp3) is 1.00. The van der Waals surface area contributed by atoms with Gasteiger partial charge in [0.2, 0.25) is 0 Å². The summed E-state index contributed by atoms with van der Waals surface area (Å²) in [6, 6.07) is -0.616. The monoisotopic (exact) mass is 197 g/mol. The Morgan fingerprint density at radius 1 is 1.46 bits per heavy atom. The third kappa shape index (κ3) is 3.52. The van der Waals surface area contributed by atoms with E-state index in [0.29, 0.717) is 0 Å². The van der Waals surface area contributed by atoms with Crippen molar-refractivity contribution in [3.05, 3.63) is 0 Å². The second-order valence-electron chi connectivity index (χ2n) is 3.80. The molecule has 0 aromatic heterocycles. The summed E-state index contributed by atoms with van der Waals surface area (Å²) >= 11 is 0. The minimum atomic E-state index is -4.13. The van der Waals surface area contributed by atoms with E-state index < -0.39 is 24.2 Å². The number of hydrogen-bond donors (Lipinski definition) is 2. The van der Waals surface area contributed by atoms with Crippen molar-refractivity contribution < 1.29 is 18.3 Å². The number of aliphatic hydroxyl groups excluding tert-OH is 1. The van der Waals surface area contributed by atoms with Gasteiger partial charge in [0.15, 0.2) is 0 Å². The third-order valence-electron chi connectivity index (χ3n) is 2.25. The van der Waals surface area contributed by atoms with Crippen molar-refractivity contribution in [3.63, 3.8) is 0 Å². The summed E-state index contributed by atoms with van der Waals surface area (Å²) in [5, 5.41) is 11.7. The van der Waals surface area contributed by atoms with Crippen LogP contribution < -0.4 is 5.32 Å². The van der Waals surface area contributed by atoms with E-state index in [9.17, 15) is 13.2 Å². The highest BCUT2D eigenvalue weighted by molar-refractivity contribution is 5.02. The summed E-state index contributed by atoms with van der Waals surface area (Å²) in [5.74, 6) is 0. The lowest BCUT2D eigenvalue weighted by molar-refractivity contribution is -0.139. The number of rotatable bonds is 4. The molecule has 1 unspecified atom stereocenters. The lowest BCUT2D eigenvalue weighted by atomic mass is 10.2. The van der Waals surface area contributed by atoms with Crippen molar-refractivity contribution in [2.75, 3.05) is 6.61 Å². The zero-order valence-corrected chi connectivity index (χ0v) is 7.49. The molecule has 0 aromatic carbocycles. The van der Waals surface area contributed by atoms with Gasteiger partial charge >= 0.3 is 6.18 Å². The lowest BCUT2D eigenvalue weighted by Crippen LogP contribution is -2.43. The van der Waals surface area contributed by atoms with Crippen LogP contribution in [0.25, 0.3) is 0 Å². The molecule has 1 rings (SSSR count). The van der Waals surface area contributed by atoms with Gasteiger partial charge < -0.3 is 10.4 Å². The van der Waals surface area contributed by atoms with E-state index in [1.54, 1.807) is 0 Å². The van der Waals surface area contributed by atoms with Gasteiger partial charge in [0.05, 0.1) is 13.0 Å². The highest BCUT2D eigenvalue weighted by atomic mass is 19.4. The fourth-order valence-corrected chi connectivity index (χ4v) is 1.42. The summed E-state index contributed by atoms with van der Waals surface area (Å²) in [4.78, 5) is 0. The quantitative estimate of drug-likeness (QED) is 0.714. The lowest BCUT2D eigenvalue weighted by Gasteiger charge is -2.21. The zero-order valence-electron chi connectivity index (χ0n) is 7.49. The van der Waals surface area contributed by atoms with Crippen LogP contribution in [-0.4, -0.2) is 29.5 Å². The first-order chi connectivity index (χ1) is 5.87. The first-order valence-electron chi connectivity index (χ1n) is 4.32. The maximum Gasteiger partial charge on any atom is 0.390 e. The van der Waals surface area contributed by atoms with Crippen LogP contribution in [0.15, 0.2) is 0 Å². The number of halogens is 3. The van der Waals surface area contributed by atoms with Crippen LogP contribution >= 0.6 is 0 Å². The van der Waals surface area contributed by atoms with Crippen LogP contribution in [0.5, 0.6) is 0 Å². The Labute approximate surface area is 75.1 Å². The highest BCUT2D eigenvalue weighted by Crippen LogP contribution is 2.36. The van der Waals surface area contributed by atoms with Crippen LogP contribution in [0.4, 0.5) is 13.2 Å².